The molecule has 2 aliphatic heterocycles. The topological polar surface area (TPSA) is 152 Å². The van der Waals surface area contributed by atoms with E-state index in [2.05, 4.69) is 16.0 Å². The number of anilines is 2. The van der Waals surface area contributed by atoms with Gasteiger partial charge in [0.2, 0.25) is 5.91 Å². The van der Waals surface area contributed by atoms with Gasteiger partial charge in [0.15, 0.2) is 21.3 Å². The third kappa shape index (κ3) is 6.55. The van der Waals surface area contributed by atoms with Crippen LogP contribution in [0.4, 0.5) is 20.6 Å². The van der Waals surface area contributed by atoms with Gasteiger partial charge in [-0.3, -0.25) is 14.9 Å². The molecule has 47 heavy (non-hydrogen) atoms. The zero-order chi connectivity index (χ0) is 34.0. The molecule has 3 N–H and O–H groups in total. The lowest BCUT2D eigenvalue weighted by atomic mass is 10.00. The summed E-state index contributed by atoms with van der Waals surface area (Å²) in [6.45, 7) is 3.51. The fourth-order valence-electron chi connectivity index (χ4n) is 5.94. The van der Waals surface area contributed by atoms with E-state index < -0.39 is 50.9 Å². The van der Waals surface area contributed by atoms with Crippen LogP contribution in [-0.4, -0.2) is 64.3 Å². The maximum Gasteiger partial charge on any atom is 0.411 e. The molecule has 2 aliphatic rings. The van der Waals surface area contributed by atoms with Gasteiger partial charge in [-0.1, -0.05) is 6.07 Å². The summed E-state index contributed by atoms with van der Waals surface area (Å²) in [6.07, 6.45) is 0.279. The number of nitrogens with one attached hydrogen (secondary N) is 3. The molecule has 250 valence electrons. The molecule has 3 aromatic carbocycles. The molecule has 0 saturated carbocycles. The lowest BCUT2D eigenvalue weighted by Crippen LogP contribution is -2.38. The molecule has 5 rings (SSSR count). The Balaban J connectivity index is 1.60. The molecule has 0 bridgehead atoms. The molecule has 0 spiro atoms. The Labute approximate surface area is 272 Å². The zero-order valence-electron chi connectivity index (χ0n) is 26.7. The van der Waals surface area contributed by atoms with Crippen LogP contribution < -0.4 is 25.4 Å². The Kier molecular flexibility index (Phi) is 9.61. The summed E-state index contributed by atoms with van der Waals surface area (Å²) in [7, 11) is 0.353. The minimum atomic E-state index is -3.81. The van der Waals surface area contributed by atoms with Crippen LogP contribution in [0, 0.1) is 5.82 Å². The van der Waals surface area contributed by atoms with Crippen LogP contribution in [0.3, 0.4) is 0 Å². The van der Waals surface area contributed by atoms with Gasteiger partial charge in [0.05, 0.1) is 37.5 Å². The normalized spacial score (nSPS) is 16.4. The van der Waals surface area contributed by atoms with Gasteiger partial charge in [0, 0.05) is 35.6 Å². The van der Waals surface area contributed by atoms with Gasteiger partial charge < -0.3 is 29.7 Å². The largest absolute Gasteiger partial charge is 0.493 e. The highest BCUT2D eigenvalue weighted by Gasteiger charge is 2.38. The van der Waals surface area contributed by atoms with Gasteiger partial charge in [0.1, 0.15) is 11.9 Å². The van der Waals surface area contributed by atoms with Crippen LogP contribution >= 0.6 is 0 Å². The Hall–Kier alpha value is -4.85. The number of amides is 3. The fraction of sp³-hybridized carbons (Fsp3) is 0.364. The van der Waals surface area contributed by atoms with Crippen molar-refractivity contribution in [2.45, 2.75) is 55.5 Å². The van der Waals surface area contributed by atoms with Crippen LogP contribution in [0.5, 0.6) is 11.5 Å². The molecule has 2 atom stereocenters. The lowest BCUT2D eigenvalue weighted by molar-refractivity contribution is -0.133. The minimum absolute atomic E-state index is 0.0509. The molecule has 0 aromatic heterocycles. The maximum atomic E-state index is 15.1. The van der Waals surface area contributed by atoms with Crippen molar-refractivity contribution in [2.24, 2.45) is 0 Å². The summed E-state index contributed by atoms with van der Waals surface area (Å²) >= 11 is 0. The Morgan fingerprint density at radius 2 is 1.74 bits per heavy atom. The van der Waals surface area contributed by atoms with Crippen molar-refractivity contribution in [1.29, 1.82) is 0 Å². The van der Waals surface area contributed by atoms with E-state index >= 15 is 4.39 Å². The second-order valence-electron chi connectivity index (χ2n) is 11.5. The number of benzene rings is 3. The molecule has 12 nitrogen and oxygen atoms in total. The van der Waals surface area contributed by atoms with E-state index in [-0.39, 0.29) is 28.3 Å². The molecular weight excluding hydrogens is 631 g/mol. The van der Waals surface area contributed by atoms with Gasteiger partial charge in [-0.2, -0.15) is 0 Å². The molecule has 1 fully saturated rings. The predicted octanol–water partition coefficient (Wildman–Crippen LogP) is 4.96. The monoisotopic (exact) mass is 668 g/mol. The molecule has 0 unspecified atom stereocenters. The zero-order valence-corrected chi connectivity index (χ0v) is 27.5. The second-order valence-corrected chi connectivity index (χ2v) is 14.0. The number of hydrogen-bond acceptors (Lipinski definition) is 9. The molecule has 3 amide bonds. The number of nitrogens with zero attached hydrogens (tertiary/aromatic N) is 1. The smallest absolute Gasteiger partial charge is 0.411 e. The van der Waals surface area contributed by atoms with E-state index in [0.29, 0.717) is 47.7 Å². The van der Waals surface area contributed by atoms with Gasteiger partial charge in [0.25, 0.3) is 5.91 Å². The minimum Gasteiger partial charge on any atom is -0.493 e. The highest BCUT2D eigenvalue weighted by molar-refractivity contribution is 7.92. The first-order valence-corrected chi connectivity index (χ1v) is 16.6. The average molecular weight is 669 g/mol. The van der Waals surface area contributed by atoms with Crippen LogP contribution in [0.25, 0.3) is 0 Å². The molecule has 1 saturated heterocycles. The first-order valence-electron chi connectivity index (χ1n) is 15.0. The number of halogens is 1. The van der Waals surface area contributed by atoms with Crippen molar-refractivity contribution in [3.63, 3.8) is 0 Å². The van der Waals surface area contributed by atoms with E-state index in [9.17, 15) is 22.8 Å². The number of methoxy groups -OCH3 is 3. The second kappa shape index (κ2) is 13.5. The molecule has 0 radical (unpaired) electrons. The van der Waals surface area contributed by atoms with Crippen LogP contribution in [0.1, 0.15) is 65.8 Å². The van der Waals surface area contributed by atoms with Gasteiger partial charge >= 0.3 is 6.09 Å². The first kappa shape index (κ1) is 33.5. The van der Waals surface area contributed by atoms with Gasteiger partial charge in [-0.25, -0.2) is 17.6 Å². The molecule has 0 aliphatic carbocycles. The summed E-state index contributed by atoms with van der Waals surface area (Å²) in [5.41, 5.74) is 1.73. The Morgan fingerprint density at radius 1 is 1.00 bits per heavy atom. The van der Waals surface area contributed by atoms with E-state index in [1.165, 1.54) is 45.6 Å². The number of rotatable bonds is 10. The van der Waals surface area contributed by atoms with Crippen molar-refractivity contribution in [3.8, 4) is 11.5 Å². The number of hydrogen-bond donors (Lipinski definition) is 3. The number of sulfone groups is 1. The third-order valence-corrected chi connectivity index (χ3v) is 10.7. The van der Waals surface area contributed by atoms with E-state index in [4.69, 9.17) is 14.2 Å². The van der Waals surface area contributed by atoms with Crippen LogP contribution in [0.15, 0.2) is 53.4 Å². The van der Waals surface area contributed by atoms with Crippen molar-refractivity contribution in [1.82, 2.24) is 10.2 Å². The number of carbonyl (C=O) groups excluding carboxylic acids is 3. The number of likely N-dealkylation sites (tertiary alicyclic amines) is 1. The van der Waals surface area contributed by atoms with Crippen molar-refractivity contribution >= 4 is 39.1 Å². The lowest BCUT2D eigenvalue weighted by Gasteiger charge is -2.32. The SMILES string of the molecule is COC(=O)Nc1ccc(S(=O)(=O)C(C)C)c([C@H]2CCCN2C(=O)[C@H](Nc2cc(F)c3c(c2)C(=O)NC3)c2ccc(OC)c(OC)c2)c1. The number of carbonyl (C=O) groups is 3. The van der Waals surface area contributed by atoms with E-state index in [0.717, 1.165) is 0 Å². The summed E-state index contributed by atoms with van der Waals surface area (Å²) < 4.78 is 57.8. The van der Waals surface area contributed by atoms with Gasteiger partial charge in [-0.05, 0) is 80.3 Å². The van der Waals surface area contributed by atoms with Crippen LogP contribution in [-0.2, 0) is 25.9 Å². The Bertz CT molecular complexity index is 1830. The maximum absolute atomic E-state index is 15.1. The third-order valence-electron chi connectivity index (χ3n) is 8.43. The van der Waals surface area contributed by atoms with E-state index in [1.807, 2.05) is 0 Å². The summed E-state index contributed by atoms with van der Waals surface area (Å²) in [4.78, 5) is 40.7. The average Bonchev–Trinajstić information content (AvgIpc) is 3.70. The number of ether oxygens (including phenoxy) is 3. The standard InChI is InChI=1S/C33H37FN4O8S/c1-18(2)47(42,43)29-11-9-20(37-33(41)46-5)14-23(29)26-7-6-12-38(26)32(40)30(19-8-10-27(44-3)28(13-19)45-4)36-21-15-22-24(25(34)16-21)17-35-31(22)39/h8-11,13-16,18,26,30,36H,6-7,12,17H2,1-5H3,(H,35,39)(H,37,41)/t26-,30-/m1/s1. The van der Waals surface area contributed by atoms with Crippen molar-refractivity contribution in [2.75, 3.05) is 38.5 Å². The fourth-order valence-corrected chi connectivity index (χ4v) is 7.23. The summed E-state index contributed by atoms with van der Waals surface area (Å²) in [5, 5.41) is 7.56. The highest BCUT2D eigenvalue weighted by atomic mass is 32.2. The molecule has 3 aromatic rings. The van der Waals surface area contributed by atoms with Gasteiger partial charge in [-0.15, -0.1) is 0 Å². The van der Waals surface area contributed by atoms with Crippen molar-refractivity contribution < 1.29 is 41.4 Å². The summed E-state index contributed by atoms with van der Waals surface area (Å²) in [6, 6.07) is 10.3. The highest BCUT2D eigenvalue weighted by Crippen LogP contribution is 2.41. The Morgan fingerprint density at radius 3 is 2.43 bits per heavy atom. The predicted molar refractivity (Wildman–Crippen MR) is 172 cm³/mol. The van der Waals surface area contributed by atoms with E-state index in [1.54, 1.807) is 43.0 Å². The molecule has 2 heterocycles. The molecule has 14 heteroatoms. The van der Waals surface area contributed by atoms with Crippen LogP contribution in [0.2, 0.25) is 0 Å². The van der Waals surface area contributed by atoms with Crippen molar-refractivity contribution in [3.05, 3.63) is 76.6 Å². The molecular formula is C33H37FN4O8S. The first-order chi connectivity index (χ1) is 22.4. The quantitative estimate of drug-likeness (QED) is 0.272. The number of fused-ring (bicyclic) bond motifs is 1. The summed E-state index contributed by atoms with van der Waals surface area (Å²) in [5.74, 6) is -0.659.